The van der Waals surface area contributed by atoms with Crippen LogP contribution in [0.4, 0.5) is 9.52 Å². The topological polar surface area (TPSA) is 34.1 Å². The molecule has 0 aliphatic carbocycles. The van der Waals surface area contributed by atoms with Crippen molar-refractivity contribution < 1.29 is 9.13 Å². The third-order valence-electron chi connectivity index (χ3n) is 2.47. The molecule has 1 N–H and O–H groups in total. The van der Waals surface area contributed by atoms with Crippen LogP contribution in [0.5, 0.6) is 0 Å². The first kappa shape index (κ1) is 12.3. The summed E-state index contributed by atoms with van der Waals surface area (Å²) >= 11 is 1.54. The number of rotatable bonds is 5. The smallest absolute Gasteiger partial charge is 0.184 e. The highest BCUT2D eigenvalue weighted by Crippen LogP contribution is 2.26. The molecule has 1 unspecified atom stereocenters. The number of thiazole rings is 1. The quantitative estimate of drug-likeness (QED) is 0.889. The van der Waals surface area contributed by atoms with E-state index in [9.17, 15) is 4.39 Å². The summed E-state index contributed by atoms with van der Waals surface area (Å²) in [6, 6.07) is 4.96. The molecule has 0 bridgehead atoms. The molecule has 5 heteroatoms. The second-order valence-corrected chi connectivity index (χ2v) is 4.99. The Morgan fingerprint density at radius 1 is 1.53 bits per heavy atom. The van der Waals surface area contributed by atoms with E-state index in [2.05, 4.69) is 17.2 Å². The molecular formula is C12H15FN2OS. The van der Waals surface area contributed by atoms with E-state index in [0.29, 0.717) is 18.2 Å². The molecule has 1 aromatic carbocycles. The molecule has 0 radical (unpaired) electrons. The first-order valence-electron chi connectivity index (χ1n) is 5.50. The van der Waals surface area contributed by atoms with Crippen LogP contribution in [0.15, 0.2) is 18.2 Å². The normalized spacial score (nSPS) is 12.9. The maximum Gasteiger partial charge on any atom is 0.184 e. The average molecular weight is 254 g/mol. The van der Waals surface area contributed by atoms with Crippen molar-refractivity contribution in [1.82, 2.24) is 4.98 Å². The Morgan fingerprint density at radius 2 is 2.35 bits per heavy atom. The van der Waals surface area contributed by atoms with Crippen LogP contribution in [0.3, 0.4) is 0 Å². The highest BCUT2D eigenvalue weighted by Gasteiger charge is 2.07. The van der Waals surface area contributed by atoms with Crippen LogP contribution in [0.1, 0.15) is 13.3 Å². The molecule has 17 heavy (non-hydrogen) atoms. The van der Waals surface area contributed by atoms with Crippen LogP contribution < -0.4 is 5.32 Å². The summed E-state index contributed by atoms with van der Waals surface area (Å²) in [6.07, 6.45) is 0.917. The Bertz CT molecular complexity index is 500. The number of halogens is 1. The molecule has 0 amide bonds. The molecular weight excluding hydrogens is 239 g/mol. The van der Waals surface area contributed by atoms with Crippen LogP contribution in [0, 0.1) is 5.82 Å². The summed E-state index contributed by atoms with van der Waals surface area (Å²) < 4.78 is 19.0. The fraction of sp³-hybridized carbons (Fsp3) is 0.417. The van der Waals surface area contributed by atoms with Gasteiger partial charge in [-0.2, -0.15) is 0 Å². The molecule has 1 aromatic heterocycles. The maximum atomic E-state index is 13.0. The van der Waals surface area contributed by atoms with Gasteiger partial charge in [0.2, 0.25) is 0 Å². The van der Waals surface area contributed by atoms with E-state index in [1.165, 1.54) is 23.5 Å². The zero-order chi connectivity index (χ0) is 12.3. The number of anilines is 1. The minimum absolute atomic E-state index is 0.248. The third-order valence-corrected chi connectivity index (χ3v) is 3.44. The maximum absolute atomic E-state index is 13.0. The fourth-order valence-corrected chi connectivity index (χ4v) is 2.50. The summed E-state index contributed by atoms with van der Waals surface area (Å²) in [7, 11) is 1.69. The second-order valence-electron chi connectivity index (χ2n) is 3.96. The fourth-order valence-electron chi connectivity index (χ4n) is 1.54. The van der Waals surface area contributed by atoms with Crippen molar-refractivity contribution in [1.29, 1.82) is 0 Å². The predicted octanol–water partition coefficient (Wildman–Crippen LogP) is 3.27. The van der Waals surface area contributed by atoms with Crippen molar-refractivity contribution >= 4 is 26.7 Å². The lowest BCUT2D eigenvalue weighted by Gasteiger charge is -2.11. The van der Waals surface area contributed by atoms with Gasteiger partial charge in [-0.25, -0.2) is 9.37 Å². The highest BCUT2D eigenvalue weighted by molar-refractivity contribution is 7.22. The predicted molar refractivity (Wildman–Crippen MR) is 69.2 cm³/mol. The number of nitrogens with one attached hydrogen (secondary N) is 1. The number of fused-ring (bicyclic) bond motifs is 1. The van der Waals surface area contributed by atoms with Crippen molar-refractivity contribution in [2.75, 3.05) is 19.0 Å². The molecule has 2 rings (SSSR count). The zero-order valence-corrected chi connectivity index (χ0v) is 10.7. The van der Waals surface area contributed by atoms with Gasteiger partial charge in [-0.3, -0.25) is 0 Å². The van der Waals surface area contributed by atoms with Crippen LogP contribution in [-0.4, -0.2) is 24.7 Å². The summed E-state index contributed by atoms with van der Waals surface area (Å²) in [6.45, 7) is 2.79. The van der Waals surface area contributed by atoms with Gasteiger partial charge < -0.3 is 10.1 Å². The van der Waals surface area contributed by atoms with E-state index in [-0.39, 0.29) is 5.82 Å². The number of aromatic nitrogens is 1. The Morgan fingerprint density at radius 3 is 3.12 bits per heavy atom. The van der Waals surface area contributed by atoms with Gasteiger partial charge in [0.15, 0.2) is 5.13 Å². The van der Waals surface area contributed by atoms with E-state index in [1.54, 1.807) is 13.2 Å². The first-order chi connectivity index (χ1) is 8.19. The molecule has 0 saturated heterocycles. The second kappa shape index (κ2) is 5.42. The highest BCUT2D eigenvalue weighted by atomic mass is 32.1. The molecule has 0 saturated carbocycles. The summed E-state index contributed by atoms with van der Waals surface area (Å²) in [4.78, 5) is 4.35. The summed E-state index contributed by atoms with van der Waals surface area (Å²) in [5.74, 6) is -0.248. The molecule has 0 spiro atoms. The SMILES string of the molecule is COCCC(C)Nc1nc2cc(F)ccc2s1. The van der Waals surface area contributed by atoms with E-state index in [1.807, 2.05) is 0 Å². The summed E-state index contributed by atoms with van der Waals surface area (Å²) in [5, 5.41) is 4.12. The number of hydrogen-bond donors (Lipinski definition) is 1. The van der Waals surface area contributed by atoms with Crippen LogP contribution in [-0.2, 0) is 4.74 Å². The lowest BCUT2D eigenvalue weighted by Crippen LogP contribution is -2.16. The van der Waals surface area contributed by atoms with Gasteiger partial charge in [0.05, 0.1) is 10.2 Å². The van der Waals surface area contributed by atoms with Gasteiger partial charge >= 0.3 is 0 Å². The van der Waals surface area contributed by atoms with Crippen LogP contribution in [0.2, 0.25) is 0 Å². The summed E-state index contributed by atoms with van der Waals surface area (Å²) in [5.41, 5.74) is 0.705. The standard InChI is InChI=1S/C12H15FN2OS/c1-8(5-6-16-2)14-12-15-10-7-9(13)3-4-11(10)17-12/h3-4,7-8H,5-6H2,1-2H3,(H,14,15). The number of methoxy groups -OCH3 is 1. The van der Waals surface area contributed by atoms with Gasteiger partial charge in [-0.15, -0.1) is 0 Å². The van der Waals surface area contributed by atoms with E-state index < -0.39 is 0 Å². The molecule has 0 aliphatic rings. The zero-order valence-electron chi connectivity index (χ0n) is 9.87. The first-order valence-corrected chi connectivity index (χ1v) is 6.32. The van der Waals surface area contributed by atoms with Crippen molar-refractivity contribution in [3.8, 4) is 0 Å². The lowest BCUT2D eigenvalue weighted by atomic mass is 10.2. The Balaban J connectivity index is 2.08. The van der Waals surface area contributed by atoms with Crippen molar-refractivity contribution in [2.24, 2.45) is 0 Å². The number of hydrogen-bond acceptors (Lipinski definition) is 4. The van der Waals surface area contributed by atoms with Crippen LogP contribution >= 0.6 is 11.3 Å². The van der Waals surface area contributed by atoms with Gasteiger partial charge in [-0.1, -0.05) is 11.3 Å². The molecule has 3 nitrogen and oxygen atoms in total. The van der Waals surface area contributed by atoms with E-state index >= 15 is 0 Å². The molecule has 0 fully saturated rings. The minimum Gasteiger partial charge on any atom is -0.385 e. The largest absolute Gasteiger partial charge is 0.385 e. The number of ether oxygens (including phenoxy) is 1. The van der Waals surface area contributed by atoms with E-state index in [0.717, 1.165) is 16.3 Å². The number of benzene rings is 1. The third kappa shape index (κ3) is 3.14. The Kier molecular flexibility index (Phi) is 3.91. The number of nitrogens with zero attached hydrogens (tertiary/aromatic N) is 1. The molecule has 1 atom stereocenters. The molecule has 1 heterocycles. The van der Waals surface area contributed by atoms with Crippen molar-refractivity contribution in [2.45, 2.75) is 19.4 Å². The molecule has 0 aliphatic heterocycles. The monoisotopic (exact) mass is 254 g/mol. The van der Waals surface area contributed by atoms with Gasteiger partial charge in [0, 0.05) is 25.8 Å². The van der Waals surface area contributed by atoms with Crippen LogP contribution in [0.25, 0.3) is 10.2 Å². The Hall–Kier alpha value is -1.20. The minimum atomic E-state index is -0.248. The van der Waals surface area contributed by atoms with E-state index in [4.69, 9.17) is 4.74 Å². The average Bonchev–Trinajstić information content (AvgIpc) is 2.67. The van der Waals surface area contributed by atoms with Gasteiger partial charge in [-0.05, 0) is 25.5 Å². The van der Waals surface area contributed by atoms with Crippen molar-refractivity contribution in [3.63, 3.8) is 0 Å². The van der Waals surface area contributed by atoms with Gasteiger partial charge in [0.1, 0.15) is 5.82 Å². The van der Waals surface area contributed by atoms with Crippen molar-refractivity contribution in [3.05, 3.63) is 24.0 Å². The Labute approximate surface area is 104 Å². The molecule has 92 valence electrons. The lowest BCUT2D eigenvalue weighted by molar-refractivity contribution is 0.191. The van der Waals surface area contributed by atoms with Gasteiger partial charge in [0.25, 0.3) is 0 Å². The molecule has 2 aromatic rings.